The Labute approximate surface area is 135 Å². The minimum absolute atomic E-state index is 0.0477. The zero-order valence-corrected chi connectivity index (χ0v) is 13.4. The summed E-state index contributed by atoms with van der Waals surface area (Å²) in [5.41, 5.74) is 5.19. The third-order valence-electron chi connectivity index (χ3n) is 4.65. The van der Waals surface area contributed by atoms with Crippen LogP contribution in [0.3, 0.4) is 0 Å². The van der Waals surface area contributed by atoms with Crippen molar-refractivity contribution in [3.63, 3.8) is 0 Å². The average molecular weight is 320 g/mol. The van der Waals surface area contributed by atoms with Gasteiger partial charge in [0.05, 0.1) is 12.6 Å². The standard InChI is InChI=1S/C15H24N6O2/c16-14(23)15-17-11-21(18-15)12-5-4-6-19(9-12)10-13(22)20-7-2-1-3-8-20/h11-12H,1-10H2,(H2,16,23)/t12-/m1/s1. The molecule has 0 unspecified atom stereocenters. The van der Waals surface area contributed by atoms with Crippen LogP contribution in [0.1, 0.15) is 48.8 Å². The van der Waals surface area contributed by atoms with E-state index < -0.39 is 5.91 Å². The topological polar surface area (TPSA) is 97.3 Å². The molecule has 0 aliphatic carbocycles. The number of hydrogen-bond acceptors (Lipinski definition) is 5. The lowest BCUT2D eigenvalue weighted by molar-refractivity contribution is -0.133. The first kappa shape index (κ1) is 15.9. The van der Waals surface area contributed by atoms with Crippen LogP contribution in [0.4, 0.5) is 0 Å². The lowest BCUT2D eigenvalue weighted by Crippen LogP contribution is -2.46. The van der Waals surface area contributed by atoms with Gasteiger partial charge in [-0.3, -0.25) is 14.5 Å². The second-order valence-electron chi connectivity index (χ2n) is 6.39. The summed E-state index contributed by atoms with van der Waals surface area (Å²) < 4.78 is 1.71. The molecule has 0 radical (unpaired) electrons. The van der Waals surface area contributed by atoms with Crippen molar-refractivity contribution in [2.75, 3.05) is 32.7 Å². The van der Waals surface area contributed by atoms with Crippen LogP contribution in [0.15, 0.2) is 6.33 Å². The molecule has 3 rings (SSSR count). The highest BCUT2D eigenvalue weighted by molar-refractivity contribution is 5.88. The van der Waals surface area contributed by atoms with Gasteiger partial charge in [-0.15, -0.1) is 5.10 Å². The number of rotatable bonds is 4. The maximum Gasteiger partial charge on any atom is 0.288 e. The van der Waals surface area contributed by atoms with E-state index in [4.69, 9.17) is 5.73 Å². The first-order valence-corrected chi connectivity index (χ1v) is 8.34. The van der Waals surface area contributed by atoms with E-state index in [0.29, 0.717) is 6.54 Å². The predicted octanol–water partition coefficient (Wildman–Crippen LogP) is 0.0264. The molecule has 0 spiro atoms. The molecule has 2 fully saturated rings. The second-order valence-corrected chi connectivity index (χ2v) is 6.39. The third kappa shape index (κ3) is 3.87. The van der Waals surface area contributed by atoms with Crippen molar-refractivity contribution in [2.24, 2.45) is 5.73 Å². The normalized spacial score (nSPS) is 23.0. The van der Waals surface area contributed by atoms with Gasteiger partial charge in [-0.05, 0) is 38.6 Å². The molecule has 1 aromatic rings. The van der Waals surface area contributed by atoms with Crippen LogP contribution < -0.4 is 5.73 Å². The number of amides is 2. The first-order chi connectivity index (χ1) is 11.1. The van der Waals surface area contributed by atoms with Crippen LogP contribution in [0, 0.1) is 0 Å². The van der Waals surface area contributed by atoms with Crippen molar-refractivity contribution in [1.29, 1.82) is 0 Å². The summed E-state index contributed by atoms with van der Waals surface area (Å²) in [6.07, 6.45) is 6.98. The number of hydrogen-bond donors (Lipinski definition) is 1. The summed E-state index contributed by atoms with van der Waals surface area (Å²) in [5.74, 6) is -0.343. The van der Waals surface area contributed by atoms with E-state index in [1.54, 1.807) is 11.0 Å². The number of nitrogens with zero attached hydrogens (tertiary/aromatic N) is 5. The average Bonchev–Trinajstić information content (AvgIpc) is 3.06. The van der Waals surface area contributed by atoms with E-state index in [2.05, 4.69) is 15.0 Å². The van der Waals surface area contributed by atoms with Crippen LogP contribution in [-0.4, -0.2) is 69.1 Å². The summed E-state index contributed by atoms with van der Waals surface area (Å²) >= 11 is 0. The molecule has 0 aromatic carbocycles. The molecular weight excluding hydrogens is 296 g/mol. The number of aromatic nitrogens is 3. The molecule has 2 aliphatic rings. The number of carbonyl (C=O) groups excluding carboxylic acids is 2. The molecule has 1 aromatic heterocycles. The van der Waals surface area contributed by atoms with Gasteiger partial charge >= 0.3 is 0 Å². The molecule has 8 nitrogen and oxygen atoms in total. The molecule has 3 heterocycles. The number of likely N-dealkylation sites (tertiary alicyclic amines) is 2. The van der Waals surface area contributed by atoms with Gasteiger partial charge in [-0.1, -0.05) is 0 Å². The zero-order valence-electron chi connectivity index (χ0n) is 13.4. The number of nitrogens with two attached hydrogens (primary N) is 1. The van der Waals surface area contributed by atoms with Crippen LogP contribution in [0.2, 0.25) is 0 Å². The van der Waals surface area contributed by atoms with Crippen molar-refractivity contribution in [3.05, 3.63) is 12.2 Å². The van der Waals surface area contributed by atoms with Gasteiger partial charge in [0.15, 0.2) is 0 Å². The second kappa shape index (κ2) is 7.08. The van der Waals surface area contributed by atoms with Crippen molar-refractivity contribution in [1.82, 2.24) is 24.6 Å². The fourth-order valence-corrected chi connectivity index (χ4v) is 3.39. The molecule has 23 heavy (non-hydrogen) atoms. The summed E-state index contributed by atoms with van der Waals surface area (Å²) in [6.45, 7) is 3.92. The quantitative estimate of drug-likeness (QED) is 0.844. The van der Waals surface area contributed by atoms with Gasteiger partial charge in [0.2, 0.25) is 11.7 Å². The fraction of sp³-hybridized carbons (Fsp3) is 0.733. The Kier molecular flexibility index (Phi) is 4.90. The van der Waals surface area contributed by atoms with Gasteiger partial charge in [-0.25, -0.2) is 9.67 Å². The van der Waals surface area contributed by atoms with E-state index in [-0.39, 0.29) is 17.8 Å². The minimum atomic E-state index is -0.614. The van der Waals surface area contributed by atoms with Gasteiger partial charge in [0.1, 0.15) is 6.33 Å². The minimum Gasteiger partial charge on any atom is -0.363 e. The number of primary amides is 1. The largest absolute Gasteiger partial charge is 0.363 e. The Balaban J connectivity index is 1.57. The summed E-state index contributed by atoms with van der Waals surface area (Å²) in [4.78, 5) is 31.6. The Morgan fingerprint density at radius 2 is 1.96 bits per heavy atom. The molecule has 1 atom stereocenters. The molecule has 8 heteroatoms. The molecular formula is C15H24N6O2. The van der Waals surface area contributed by atoms with Crippen LogP contribution in [-0.2, 0) is 4.79 Å². The van der Waals surface area contributed by atoms with Crippen LogP contribution in [0.25, 0.3) is 0 Å². The Bertz CT molecular complexity index is 566. The number of carbonyl (C=O) groups is 2. The van der Waals surface area contributed by atoms with Gasteiger partial charge in [0, 0.05) is 19.6 Å². The summed E-state index contributed by atoms with van der Waals surface area (Å²) in [5, 5.41) is 4.15. The molecule has 2 aliphatic heterocycles. The van der Waals surface area contributed by atoms with E-state index in [0.717, 1.165) is 51.9 Å². The summed E-state index contributed by atoms with van der Waals surface area (Å²) in [7, 11) is 0. The van der Waals surface area contributed by atoms with Crippen LogP contribution in [0.5, 0.6) is 0 Å². The van der Waals surface area contributed by atoms with Gasteiger partial charge in [0.25, 0.3) is 5.91 Å². The highest BCUT2D eigenvalue weighted by atomic mass is 16.2. The van der Waals surface area contributed by atoms with Gasteiger partial charge < -0.3 is 10.6 Å². The van der Waals surface area contributed by atoms with Crippen molar-refractivity contribution in [2.45, 2.75) is 38.1 Å². The lowest BCUT2D eigenvalue weighted by atomic mass is 10.1. The van der Waals surface area contributed by atoms with Gasteiger partial charge in [-0.2, -0.15) is 0 Å². The molecule has 2 amide bonds. The molecule has 2 saturated heterocycles. The Morgan fingerprint density at radius 3 is 2.65 bits per heavy atom. The van der Waals surface area contributed by atoms with Crippen molar-refractivity contribution in [3.8, 4) is 0 Å². The Morgan fingerprint density at radius 1 is 1.17 bits per heavy atom. The SMILES string of the molecule is NC(=O)c1ncn([C@@H]2CCCN(CC(=O)N3CCCCC3)C2)n1. The van der Waals surface area contributed by atoms with Crippen LogP contribution >= 0.6 is 0 Å². The fourth-order valence-electron chi connectivity index (χ4n) is 3.39. The maximum absolute atomic E-state index is 12.4. The van der Waals surface area contributed by atoms with Crippen molar-refractivity contribution >= 4 is 11.8 Å². The monoisotopic (exact) mass is 320 g/mol. The predicted molar refractivity (Wildman–Crippen MR) is 83.7 cm³/mol. The number of piperidine rings is 2. The Hall–Kier alpha value is -1.96. The zero-order chi connectivity index (χ0) is 16.2. The maximum atomic E-state index is 12.4. The van der Waals surface area contributed by atoms with Crippen molar-refractivity contribution < 1.29 is 9.59 Å². The van der Waals surface area contributed by atoms with E-state index in [1.807, 2.05) is 4.90 Å². The highest BCUT2D eigenvalue weighted by Crippen LogP contribution is 2.21. The van der Waals surface area contributed by atoms with E-state index >= 15 is 0 Å². The molecule has 2 N–H and O–H groups in total. The lowest BCUT2D eigenvalue weighted by Gasteiger charge is -2.34. The van der Waals surface area contributed by atoms with E-state index in [9.17, 15) is 9.59 Å². The third-order valence-corrected chi connectivity index (χ3v) is 4.65. The summed E-state index contributed by atoms with van der Waals surface area (Å²) in [6, 6.07) is 0.138. The smallest absolute Gasteiger partial charge is 0.288 e. The molecule has 0 bridgehead atoms. The molecule has 126 valence electrons. The van der Waals surface area contributed by atoms with E-state index in [1.165, 1.54) is 6.42 Å². The first-order valence-electron chi connectivity index (χ1n) is 8.34. The highest BCUT2D eigenvalue weighted by Gasteiger charge is 2.26. The molecule has 0 saturated carbocycles.